The molecule has 7 heteroatoms. The molecular weight excluding hydrogens is 576 g/mol. The van der Waals surface area contributed by atoms with Gasteiger partial charge in [-0.3, -0.25) is 14.4 Å². The lowest BCUT2D eigenvalue weighted by Crippen LogP contribution is -2.30. The number of amides is 2. The fourth-order valence-corrected chi connectivity index (χ4v) is 5.37. The fraction of sp³-hybridized carbons (Fsp3) is 0.0278. The first kappa shape index (κ1) is 29.6. The van der Waals surface area contributed by atoms with Gasteiger partial charge in [-0.2, -0.15) is 0 Å². The lowest BCUT2D eigenvalue weighted by atomic mass is 10.0. The molecule has 0 aliphatic heterocycles. The molecule has 0 heterocycles. The molecule has 212 valence electrons. The molecule has 2 amide bonds. The Morgan fingerprint density at radius 1 is 0.698 bits per heavy atom. The highest BCUT2D eigenvalue weighted by atomic mass is 35.5. The highest BCUT2D eigenvalue weighted by Crippen LogP contribution is 2.25. The van der Waals surface area contributed by atoms with Gasteiger partial charge in [0.25, 0.3) is 11.8 Å². The second-order valence-corrected chi connectivity index (χ2v) is 11.0. The Kier molecular flexibility index (Phi) is 9.85. The minimum Gasteiger partial charge on any atom is -0.321 e. The molecule has 0 unspecified atom stereocenters. The Morgan fingerprint density at radius 3 is 2.07 bits per heavy atom. The predicted octanol–water partition coefficient (Wildman–Crippen LogP) is 8.39. The SMILES string of the molecule is O=C(Nc1cccc(SCC(=O)c2ccccc2Cl)c1)/C(=C/c1ccc(-c2ccccc2)cc1)NC(=O)c1ccccc1. The number of ketones is 1. The molecule has 43 heavy (non-hydrogen) atoms. The fourth-order valence-electron chi connectivity index (χ4n) is 4.29. The number of carbonyl (C=O) groups is 3. The minimum absolute atomic E-state index is 0.0860. The smallest absolute Gasteiger partial charge is 0.272 e. The van der Waals surface area contributed by atoms with Crippen molar-refractivity contribution in [2.75, 3.05) is 11.1 Å². The quantitative estimate of drug-likeness (QED) is 0.0956. The zero-order chi connectivity index (χ0) is 30.0. The second-order valence-electron chi connectivity index (χ2n) is 9.54. The number of benzene rings is 5. The van der Waals surface area contributed by atoms with Gasteiger partial charge in [-0.15, -0.1) is 11.8 Å². The van der Waals surface area contributed by atoms with E-state index < -0.39 is 11.8 Å². The van der Waals surface area contributed by atoms with Crippen LogP contribution in [0.2, 0.25) is 5.02 Å². The van der Waals surface area contributed by atoms with Gasteiger partial charge in [-0.05, 0) is 65.2 Å². The molecule has 0 spiro atoms. The van der Waals surface area contributed by atoms with Crippen molar-refractivity contribution < 1.29 is 14.4 Å². The Bertz CT molecular complexity index is 1770. The van der Waals surface area contributed by atoms with E-state index in [2.05, 4.69) is 10.6 Å². The Balaban J connectivity index is 1.33. The van der Waals surface area contributed by atoms with Crippen molar-refractivity contribution in [2.45, 2.75) is 4.90 Å². The number of carbonyl (C=O) groups excluding carboxylic acids is 3. The third-order valence-corrected chi connectivity index (χ3v) is 7.82. The van der Waals surface area contributed by atoms with E-state index in [1.165, 1.54) is 11.8 Å². The van der Waals surface area contributed by atoms with Crippen molar-refractivity contribution >= 4 is 52.7 Å². The van der Waals surface area contributed by atoms with Crippen molar-refractivity contribution in [1.29, 1.82) is 0 Å². The standard InChI is InChI=1S/C36H27ClN2O3S/c37-32-17-8-7-16-31(32)34(40)24-43-30-15-9-14-29(23-30)38-36(42)33(39-35(41)28-12-5-2-6-13-28)22-25-18-20-27(21-19-25)26-10-3-1-4-11-26/h1-23H,24H2,(H,38,42)(H,39,41)/b33-22-. The summed E-state index contributed by atoms with van der Waals surface area (Å²) in [5.41, 5.74) is 4.40. The van der Waals surface area contributed by atoms with E-state index >= 15 is 0 Å². The van der Waals surface area contributed by atoms with E-state index in [9.17, 15) is 14.4 Å². The Morgan fingerprint density at radius 2 is 1.35 bits per heavy atom. The van der Waals surface area contributed by atoms with Crippen LogP contribution >= 0.6 is 23.4 Å². The largest absolute Gasteiger partial charge is 0.321 e. The van der Waals surface area contributed by atoms with Gasteiger partial charge >= 0.3 is 0 Å². The van der Waals surface area contributed by atoms with Crippen molar-refractivity contribution in [1.82, 2.24) is 5.32 Å². The van der Waals surface area contributed by atoms with Gasteiger partial charge < -0.3 is 10.6 Å². The highest BCUT2D eigenvalue weighted by molar-refractivity contribution is 8.00. The van der Waals surface area contributed by atoms with Crippen molar-refractivity contribution in [3.8, 4) is 11.1 Å². The third kappa shape index (κ3) is 8.10. The number of halogens is 1. The number of rotatable bonds is 10. The van der Waals surface area contributed by atoms with Crippen molar-refractivity contribution in [2.24, 2.45) is 0 Å². The maximum Gasteiger partial charge on any atom is 0.272 e. The molecule has 0 bridgehead atoms. The molecule has 5 nitrogen and oxygen atoms in total. The van der Waals surface area contributed by atoms with Gasteiger partial charge in [0.05, 0.1) is 10.8 Å². The summed E-state index contributed by atoms with van der Waals surface area (Å²) in [6.07, 6.45) is 1.64. The summed E-state index contributed by atoms with van der Waals surface area (Å²) in [7, 11) is 0. The number of hydrogen-bond donors (Lipinski definition) is 2. The summed E-state index contributed by atoms with van der Waals surface area (Å²) in [5.74, 6) is -0.772. The van der Waals surface area contributed by atoms with E-state index in [0.717, 1.165) is 21.6 Å². The normalized spacial score (nSPS) is 11.0. The van der Waals surface area contributed by atoms with Crippen LogP contribution < -0.4 is 10.6 Å². The maximum atomic E-state index is 13.5. The molecule has 5 aromatic carbocycles. The summed E-state index contributed by atoms with van der Waals surface area (Å²) in [6, 6.07) is 40.6. The molecule has 0 radical (unpaired) electrons. The predicted molar refractivity (Wildman–Crippen MR) is 175 cm³/mol. The van der Waals surface area contributed by atoms with Crippen molar-refractivity contribution in [3.05, 3.63) is 161 Å². The topological polar surface area (TPSA) is 75.3 Å². The van der Waals surface area contributed by atoms with Gasteiger partial charge in [0.15, 0.2) is 5.78 Å². The summed E-state index contributed by atoms with van der Waals surface area (Å²) < 4.78 is 0. The van der Waals surface area contributed by atoms with Gasteiger partial charge in [0, 0.05) is 21.7 Å². The summed E-state index contributed by atoms with van der Waals surface area (Å²) >= 11 is 7.52. The van der Waals surface area contributed by atoms with Gasteiger partial charge in [0.1, 0.15) is 5.70 Å². The summed E-state index contributed by atoms with van der Waals surface area (Å²) in [5, 5.41) is 6.08. The maximum absolute atomic E-state index is 13.5. The molecule has 2 N–H and O–H groups in total. The number of thioether (sulfide) groups is 1. The summed E-state index contributed by atoms with van der Waals surface area (Å²) in [4.78, 5) is 40.0. The van der Waals surface area contributed by atoms with Crippen LogP contribution in [-0.2, 0) is 4.79 Å². The van der Waals surface area contributed by atoms with E-state index in [1.807, 2.05) is 66.7 Å². The highest BCUT2D eigenvalue weighted by Gasteiger charge is 2.16. The molecule has 0 saturated heterocycles. The van der Waals surface area contributed by atoms with Crippen LogP contribution in [0.5, 0.6) is 0 Å². The van der Waals surface area contributed by atoms with E-state index in [1.54, 1.807) is 72.8 Å². The van der Waals surface area contributed by atoms with Crippen LogP contribution in [0.3, 0.4) is 0 Å². The third-order valence-electron chi connectivity index (χ3n) is 6.49. The summed E-state index contributed by atoms with van der Waals surface area (Å²) in [6.45, 7) is 0. The van der Waals surface area contributed by atoms with E-state index in [4.69, 9.17) is 11.6 Å². The molecule has 0 aliphatic carbocycles. The molecule has 0 saturated carbocycles. The average Bonchev–Trinajstić information content (AvgIpc) is 3.05. The van der Waals surface area contributed by atoms with Crippen LogP contribution in [0.15, 0.2) is 144 Å². The molecule has 0 atom stereocenters. The first-order chi connectivity index (χ1) is 21.0. The molecular formula is C36H27ClN2O3S. The molecule has 5 aromatic rings. The first-order valence-electron chi connectivity index (χ1n) is 13.5. The Hall–Kier alpha value is -4.91. The molecule has 0 aromatic heterocycles. The average molecular weight is 603 g/mol. The molecule has 0 aliphatic rings. The van der Waals surface area contributed by atoms with Crippen LogP contribution in [-0.4, -0.2) is 23.4 Å². The molecule has 5 rings (SSSR count). The zero-order valence-electron chi connectivity index (χ0n) is 23.0. The van der Waals surface area contributed by atoms with Crippen LogP contribution in [0.4, 0.5) is 5.69 Å². The monoisotopic (exact) mass is 602 g/mol. The van der Waals surface area contributed by atoms with E-state index in [-0.39, 0.29) is 17.2 Å². The van der Waals surface area contributed by atoms with Crippen LogP contribution in [0.25, 0.3) is 17.2 Å². The number of Topliss-reactive ketones (excluding diaryl/α,β-unsaturated/α-hetero) is 1. The van der Waals surface area contributed by atoms with E-state index in [0.29, 0.717) is 21.8 Å². The molecule has 0 fully saturated rings. The number of anilines is 1. The van der Waals surface area contributed by atoms with Gasteiger partial charge in [-0.25, -0.2) is 0 Å². The van der Waals surface area contributed by atoms with Gasteiger partial charge in [0.2, 0.25) is 0 Å². The minimum atomic E-state index is -0.481. The number of nitrogens with one attached hydrogen (secondary N) is 2. The Labute approximate surface area is 259 Å². The number of hydrogen-bond acceptors (Lipinski definition) is 4. The van der Waals surface area contributed by atoms with Crippen molar-refractivity contribution in [3.63, 3.8) is 0 Å². The van der Waals surface area contributed by atoms with Crippen LogP contribution in [0.1, 0.15) is 26.3 Å². The van der Waals surface area contributed by atoms with Crippen LogP contribution in [0, 0.1) is 0 Å². The second kappa shape index (κ2) is 14.3. The lowest BCUT2D eigenvalue weighted by molar-refractivity contribution is -0.113. The zero-order valence-corrected chi connectivity index (χ0v) is 24.6. The lowest BCUT2D eigenvalue weighted by Gasteiger charge is -2.12. The van der Waals surface area contributed by atoms with Gasteiger partial charge in [-0.1, -0.05) is 103 Å². The first-order valence-corrected chi connectivity index (χ1v) is 14.9.